The first-order chi connectivity index (χ1) is 9.79. The summed E-state index contributed by atoms with van der Waals surface area (Å²) >= 11 is 0. The summed E-state index contributed by atoms with van der Waals surface area (Å²) in [4.78, 5) is 0. The number of hydrogen-bond acceptors (Lipinski definition) is 2. The number of aliphatic hydroxyl groups excluding tert-OH is 1. The molecule has 0 aromatic heterocycles. The number of aliphatic hydroxyl groups is 1. The maximum absolute atomic E-state index is 9.88. The number of rotatable bonds is 3. The Labute approximate surface area is 127 Å². The van der Waals surface area contributed by atoms with Gasteiger partial charge in [0.05, 0.1) is 6.10 Å². The molecule has 2 heteroatoms. The van der Waals surface area contributed by atoms with Crippen molar-refractivity contribution in [3.8, 4) is 11.5 Å². The lowest BCUT2D eigenvalue weighted by atomic mass is 9.85. The molecule has 1 N–H and O–H groups in total. The lowest BCUT2D eigenvalue weighted by molar-refractivity contribution is 0.195. The van der Waals surface area contributed by atoms with Gasteiger partial charge >= 0.3 is 0 Å². The van der Waals surface area contributed by atoms with Crippen molar-refractivity contribution in [1.29, 1.82) is 0 Å². The van der Waals surface area contributed by atoms with Gasteiger partial charge in [-0.3, -0.25) is 0 Å². The van der Waals surface area contributed by atoms with Crippen LogP contribution in [0.2, 0.25) is 0 Å². The molecule has 0 amide bonds. The van der Waals surface area contributed by atoms with Crippen molar-refractivity contribution in [3.05, 3.63) is 59.2 Å². The summed E-state index contributed by atoms with van der Waals surface area (Å²) in [6, 6.07) is 13.9. The highest BCUT2D eigenvalue weighted by Crippen LogP contribution is 2.36. The van der Waals surface area contributed by atoms with Crippen LogP contribution in [-0.2, 0) is 5.41 Å². The van der Waals surface area contributed by atoms with Crippen molar-refractivity contribution in [2.24, 2.45) is 0 Å². The number of aryl methyl sites for hydroxylation is 1. The minimum Gasteiger partial charge on any atom is -0.457 e. The van der Waals surface area contributed by atoms with Gasteiger partial charge in [0, 0.05) is 11.1 Å². The van der Waals surface area contributed by atoms with Gasteiger partial charge < -0.3 is 9.84 Å². The zero-order chi connectivity index (χ0) is 15.6. The molecule has 0 aliphatic carbocycles. The lowest BCUT2D eigenvalue weighted by Crippen LogP contribution is -2.13. The van der Waals surface area contributed by atoms with E-state index in [-0.39, 0.29) is 5.41 Å². The second kappa shape index (κ2) is 5.90. The molecular weight excluding hydrogens is 260 g/mol. The Morgan fingerprint density at radius 2 is 1.67 bits per heavy atom. The molecule has 0 aliphatic heterocycles. The second-order valence-corrected chi connectivity index (χ2v) is 6.57. The highest BCUT2D eigenvalue weighted by Gasteiger charge is 2.20. The third-order valence-corrected chi connectivity index (χ3v) is 3.53. The van der Waals surface area contributed by atoms with Crippen molar-refractivity contribution in [1.82, 2.24) is 0 Å². The van der Waals surface area contributed by atoms with Crippen LogP contribution in [0.3, 0.4) is 0 Å². The lowest BCUT2D eigenvalue weighted by Gasteiger charge is -2.24. The zero-order valence-electron chi connectivity index (χ0n) is 13.5. The normalized spacial score (nSPS) is 13.0. The van der Waals surface area contributed by atoms with Crippen LogP contribution in [0.4, 0.5) is 0 Å². The summed E-state index contributed by atoms with van der Waals surface area (Å²) in [5.41, 5.74) is 3.19. The average molecular weight is 284 g/mol. The molecule has 0 radical (unpaired) electrons. The fourth-order valence-corrected chi connectivity index (χ4v) is 2.36. The van der Waals surface area contributed by atoms with Gasteiger partial charge in [0.15, 0.2) is 0 Å². The SMILES string of the molecule is Cc1ccc(Oc2ccccc2C(C)O)c(C(C)(C)C)c1. The van der Waals surface area contributed by atoms with E-state index in [4.69, 9.17) is 4.74 Å². The quantitative estimate of drug-likeness (QED) is 0.845. The Morgan fingerprint density at radius 1 is 1.00 bits per heavy atom. The second-order valence-electron chi connectivity index (χ2n) is 6.57. The Balaban J connectivity index is 2.46. The molecule has 2 aromatic rings. The van der Waals surface area contributed by atoms with E-state index in [1.54, 1.807) is 6.92 Å². The number of ether oxygens (including phenoxy) is 1. The molecule has 0 saturated carbocycles. The zero-order valence-corrected chi connectivity index (χ0v) is 13.5. The molecule has 1 unspecified atom stereocenters. The molecule has 2 rings (SSSR count). The predicted octanol–water partition coefficient (Wildman–Crippen LogP) is 5.14. The molecule has 0 heterocycles. The minimum atomic E-state index is -0.551. The molecule has 0 saturated heterocycles. The Morgan fingerprint density at radius 3 is 2.29 bits per heavy atom. The summed E-state index contributed by atoms with van der Waals surface area (Å²) in [5, 5.41) is 9.88. The Bertz CT molecular complexity index is 622. The van der Waals surface area contributed by atoms with Crippen LogP contribution < -0.4 is 4.74 Å². The van der Waals surface area contributed by atoms with Crippen LogP contribution in [-0.4, -0.2) is 5.11 Å². The summed E-state index contributed by atoms with van der Waals surface area (Å²) in [6.45, 7) is 10.4. The summed E-state index contributed by atoms with van der Waals surface area (Å²) in [6.07, 6.45) is -0.551. The highest BCUT2D eigenvalue weighted by atomic mass is 16.5. The van der Waals surface area contributed by atoms with E-state index < -0.39 is 6.10 Å². The summed E-state index contributed by atoms with van der Waals surface area (Å²) in [5.74, 6) is 1.56. The van der Waals surface area contributed by atoms with Crippen molar-refractivity contribution in [2.75, 3.05) is 0 Å². The smallest absolute Gasteiger partial charge is 0.133 e. The van der Waals surface area contributed by atoms with Gasteiger partial charge in [-0.2, -0.15) is 0 Å². The van der Waals surface area contributed by atoms with Crippen molar-refractivity contribution >= 4 is 0 Å². The molecular formula is C19H24O2. The number of para-hydroxylation sites is 1. The van der Waals surface area contributed by atoms with E-state index in [0.717, 1.165) is 11.3 Å². The van der Waals surface area contributed by atoms with Crippen LogP contribution >= 0.6 is 0 Å². The molecule has 2 aromatic carbocycles. The van der Waals surface area contributed by atoms with Crippen molar-refractivity contribution < 1.29 is 9.84 Å². The Hall–Kier alpha value is -1.80. The molecule has 21 heavy (non-hydrogen) atoms. The van der Waals surface area contributed by atoms with Crippen LogP contribution in [0.1, 0.15) is 50.5 Å². The van der Waals surface area contributed by atoms with Gasteiger partial charge in [-0.1, -0.05) is 56.7 Å². The fourth-order valence-electron chi connectivity index (χ4n) is 2.36. The number of hydrogen-bond donors (Lipinski definition) is 1. The van der Waals surface area contributed by atoms with Crippen molar-refractivity contribution in [2.45, 2.75) is 46.1 Å². The van der Waals surface area contributed by atoms with Crippen LogP contribution in [0.25, 0.3) is 0 Å². The third kappa shape index (κ3) is 3.64. The first kappa shape index (κ1) is 15.6. The predicted molar refractivity (Wildman–Crippen MR) is 87.0 cm³/mol. The molecule has 0 fully saturated rings. The van der Waals surface area contributed by atoms with E-state index in [0.29, 0.717) is 5.75 Å². The van der Waals surface area contributed by atoms with Crippen LogP contribution in [0, 0.1) is 6.92 Å². The molecule has 0 spiro atoms. The van der Waals surface area contributed by atoms with Gasteiger partial charge in [-0.05, 0) is 31.4 Å². The standard InChI is InChI=1S/C19H24O2/c1-13-10-11-18(16(12-13)19(3,4)5)21-17-9-7-6-8-15(17)14(2)20/h6-12,14,20H,1-5H3. The monoisotopic (exact) mass is 284 g/mol. The van der Waals surface area contributed by atoms with E-state index in [1.165, 1.54) is 11.1 Å². The van der Waals surface area contributed by atoms with Gasteiger partial charge in [0.25, 0.3) is 0 Å². The van der Waals surface area contributed by atoms with E-state index in [1.807, 2.05) is 30.3 Å². The number of benzene rings is 2. The largest absolute Gasteiger partial charge is 0.457 e. The van der Waals surface area contributed by atoms with Crippen molar-refractivity contribution in [3.63, 3.8) is 0 Å². The summed E-state index contributed by atoms with van der Waals surface area (Å²) < 4.78 is 6.12. The fraction of sp³-hybridized carbons (Fsp3) is 0.368. The van der Waals surface area contributed by atoms with Gasteiger partial charge in [-0.25, -0.2) is 0 Å². The Kier molecular flexibility index (Phi) is 4.38. The van der Waals surface area contributed by atoms with E-state index >= 15 is 0 Å². The van der Waals surface area contributed by atoms with Gasteiger partial charge in [0.2, 0.25) is 0 Å². The first-order valence-electron chi connectivity index (χ1n) is 7.35. The molecule has 0 bridgehead atoms. The molecule has 112 valence electrons. The topological polar surface area (TPSA) is 29.5 Å². The molecule has 1 atom stereocenters. The molecule has 0 aliphatic rings. The van der Waals surface area contributed by atoms with Gasteiger partial charge in [-0.15, -0.1) is 0 Å². The van der Waals surface area contributed by atoms with E-state index in [9.17, 15) is 5.11 Å². The third-order valence-electron chi connectivity index (χ3n) is 3.53. The van der Waals surface area contributed by atoms with Gasteiger partial charge in [0.1, 0.15) is 11.5 Å². The van der Waals surface area contributed by atoms with Crippen LogP contribution in [0.5, 0.6) is 11.5 Å². The minimum absolute atomic E-state index is 0.00112. The van der Waals surface area contributed by atoms with E-state index in [2.05, 4.69) is 39.8 Å². The molecule has 2 nitrogen and oxygen atoms in total. The van der Waals surface area contributed by atoms with Crippen LogP contribution in [0.15, 0.2) is 42.5 Å². The average Bonchev–Trinajstić information content (AvgIpc) is 2.40. The highest BCUT2D eigenvalue weighted by molar-refractivity contribution is 5.46. The first-order valence-corrected chi connectivity index (χ1v) is 7.35. The maximum Gasteiger partial charge on any atom is 0.133 e. The summed E-state index contributed by atoms with van der Waals surface area (Å²) in [7, 11) is 0. The maximum atomic E-state index is 9.88.